The molecule has 1 aliphatic rings. The van der Waals surface area contributed by atoms with E-state index < -0.39 is 17.7 Å². The fourth-order valence-corrected chi connectivity index (χ4v) is 3.89. The summed E-state index contributed by atoms with van der Waals surface area (Å²) in [5.74, 6) is -0.886. The van der Waals surface area contributed by atoms with Crippen molar-refractivity contribution in [2.24, 2.45) is 0 Å². The van der Waals surface area contributed by atoms with Crippen LogP contribution in [0, 0.1) is 0 Å². The molecule has 1 fully saturated rings. The number of Topliss-reactive ketones (excluding diaryl/α,β-unsaturated/α-hetero) is 1. The van der Waals surface area contributed by atoms with Crippen molar-refractivity contribution in [1.82, 2.24) is 4.90 Å². The van der Waals surface area contributed by atoms with Crippen LogP contribution in [0.5, 0.6) is 5.75 Å². The molecule has 0 saturated carbocycles. The number of rotatable bonds is 8. The summed E-state index contributed by atoms with van der Waals surface area (Å²) < 4.78 is 11.0. The van der Waals surface area contributed by atoms with Crippen molar-refractivity contribution in [2.45, 2.75) is 12.6 Å². The summed E-state index contributed by atoms with van der Waals surface area (Å²) in [6.45, 7) is 0.928. The van der Waals surface area contributed by atoms with Gasteiger partial charge in [0.25, 0.3) is 11.7 Å². The number of hydrogen-bond acceptors (Lipinski definition) is 5. The van der Waals surface area contributed by atoms with E-state index in [1.807, 2.05) is 48.5 Å². The Balaban J connectivity index is 1.66. The SMILES string of the molecule is COCCN1C(=O)C(=O)/C(=C(\O)c2ccccc2)C1c1ccc(OCc2ccccc2)cc1. The van der Waals surface area contributed by atoms with Crippen molar-refractivity contribution < 1.29 is 24.2 Å². The second-order valence-corrected chi connectivity index (χ2v) is 7.69. The van der Waals surface area contributed by atoms with Crippen molar-refractivity contribution in [3.63, 3.8) is 0 Å². The summed E-state index contributed by atoms with van der Waals surface area (Å²) in [6.07, 6.45) is 0. The summed E-state index contributed by atoms with van der Waals surface area (Å²) in [4.78, 5) is 27.2. The van der Waals surface area contributed by atoms with Gasteiger partial charge in [0.15, 0.2) is 0 Å². The lowest BCUT2D eigenvalue weighted by molar-refractivity contribution is -0.140. The van der Waals surface area contributed by atoms with E-state index in [1.54, 1.807) is 36.4 Å². The molecule has 0 aliphatic carbocycles. The minimum Gasteiger partial charge on any atom is -0.507 e. The Bertz CT molecular complexity index is 1140. The number of aliphatic hydroxyl groups excluding tert-OH is 1. The number of ketones is 1. The first-order chi connectivity index (χ1) is 16.1. The number of methoxy groups -OCH3 is 1. The zero-order valence-corrected chi connectivity index (χ0v) is 18.3. The molecule has 0 radical (unpaired) electrons. The number of benzene rings is 3. The van der Waals surface area contributed by atoms with Gasteiger partial charge in [0.05, 0.1) is 18.2 Å². The third-order valence-electron chi connectivity index (χ3n) is 5.57. The normalized spacial score (nSPS) is 17.4. The Morgan fingerprint density at radius 3 is 2.18 bits per heavy atom. The summed E-state index contributed by atoms with van der Waals surface area (Å²) >= 11 is 0. The van der Waals surface area contributed by atoms with Crippen molar-refractivity contribution >= 4 is 17.4 Å². The minimum absolute atomic E-state index is 0.0697. The molecule has 0 aromatic heterocycles. The van der Waals surface area contributed by atoms with Crippen LogP contribution in [-0.4, -0.2) is 42.0 Å². The highest BCUT2D eigenvalue weighted by molar-refractivity contribution is 6.46. The first-order valence-electron chi connectivity index (χ1n) is 10.7. The maximum absolute atomic E-state index is 12.9. The molecule has 168 valence electrons. The van der Waals surface area contributed by atoms with Gasteiger partial charge < -0.3 is 19.5 Å². The first-order valence-corrected chi connectivity index (χ1v) is 10.7. The average Bonchev–Trinajstić information content (AvgIpc) is 3.12. The Kier molecular flexibility index (Phi) is 6.86. The largest absolute Gasteiger partial charge is 0.507 e. The molecule has 6 nitrogen and oxygen atoms in total. The summed E-state index contributed by atoms with van der Waals surface area (Å²) in [7, 11) is 1.54. The van der Waals surface area contributed by atoms with Gasteiger partial charge >= 0.3 is 0 Å². The standard InChI is InChI=1S/C27H25NO5/c1-32-17-16-28-24(23(26(30)27(28)31)25(29)21-10-6-3-7-11-21)20-12-14-22(15-13-20)33-18-19-8-4-2-5-9-19/h2-15,24,29H,16-18H2,1H3/b25-23-. The van der Waals surface area contributed by atoms with E-state index in [0.717, 1.165) is 5.56 Å². The fraction of sp³-hybridized carbons (Fsp3) is 0.185. The first kappa shape index (κ1) is 22.3. The molecule has 3 aromatic rings. The van der Waals surface area contributed by atoms with Gasteiger partial charge in [-0.1, -0.05) is 72.8 Å². The third kappa shape index (κ3) is 4.81. The molecule has 1 unspecified atom stereocenters. The Hall–Kier alpha value is -3.90. The van der Waals surface area contributed by atoms with Crippen LogP contribution < -0.4 is 4.74 Å². The second-order valence-electron chi connectivity index (χ2n) is 7.69. The second kappa shape index (κ2) is 10.1. The van der Waals surface area contributed by atoms with Gasteiger partial charge in [0.1, 0.15) is 18.1 Å². The average molecular weight is 443 g/mol. The predicted molar refractivity (Wildman–Crippen MR) is 125 cm³/mol. The number of ether oxygens (including phenoxy) is 2. The van der Waals surface area contributed by atoms with E-state index in [1.165, 1.54) is 12.0 Å². The zero-order chi connectivity index (χ0) is 23.2. The van der Waals surface area contributed by atoms with Gasteiger partial charge in [0, 0.05) is 19.2 Å². The lowest BCUT2D eigenvalue weighted by atomic mass is 9.95. The van der Waals surface area contributed by atoms with Gasteiger partial charge in [-0.3, -0.25) is 9.59 Å². The smallest absolute Gasteiger partial charge is 0.295 e. The molecule has 4 rings (SSSR count). The van der Waals surface area contributed by atoms with Gasteiger partial charge in [-0.25, -0.2) is 0 Å². The highest BCUT2D eigenvalue weighted by atomic mass is 16.5. The van der Waals surface area contributed by atoms with Crippen LogP contribution in [-0.2, 0) is 20.9 Å². The lowest BCUT2D eigenvalue weighted by Crippen LogP contribution is -2.32. The highest BCUT2D eigenvalue weighted by Gasteiger charge is 2.45. The summed E-state index contributed by atoms with van der Waals surface area (Å²) in [6, 6.07) is 25.1. The summed E-state index contributed by atoms with van der Waals surface area (Å²) in [5.41, 5.74) is 2.31. The fourth-order valence-electron chi connectivity index (χ4n) is 3.89. The molecule has 1 atom stereocenters. The van der Waals surface area contributed by atoms with Crippen LogP contribution in [0.4, 0.5) is 0 Å². The molecular formula is C27H25NO5. The van der Waals surface area contributed by atoms with Gasteiger partial charge in [-0.15, -0.1) is 0 Å². The van der Waals surface area contributed by atoms with Gasteiger partial charge in [0.2, 0.25) is 0 Å². The summed E-state index contributed by atoms with van der Waals surface area (Å²) in [5, 5.41) is 11.0. The molecule has 1 aliphatic heterocycles. The number of likely N-dealkylation sites (tertiary alicyclic amines) is 1. The minimum atomic E-state index is -0.719. The number of hydrogen-bond donors (Lipinski definition) is 1. The zero-order valence-electron chi connectivity index (χ0n) is 18.3. The maximum atomic E-state index is 12.9. The van der Waals surface area contributed by atoms with Gasteiger partial charge in [-0.05, 0) is 23.3 Å². The van der Waals surface area contributed by atoms with Crippen LogP contribution >= 0.6 is 0 Å². The topological polar surface area (TPSA) is 76.1 Å². The van der Waals surface area contributed by atoms with E-state index in [0.29, 0.717) is 23.5 Å². The van der Waals surface area contributed by atoms with E-state index in [9.17, 15) is 14.7 Å². The van der Waals surface area contributed by atoms with E-state index in [-0.39, 0.29) is 24.5 Å². The number of nitrogens with zero attached hydrogens (tertiary/aromatic N) is 1. The van der Waals surface area contributed by atoms with Crippen LogP contribution in [0.25, 0.3) is 5.76 Å². The Morgan fingerprint density at radius 2 is 1.55 bits per heavy atom. The van der Waals surface area contributed by atoms with Crippen LogP contribution in [0.2, 0.25) is 0 Å². The molecule has 6 heteroatoms. The molecule has 1 amide bonds. The van der Waals surface area contributed by atoms with E-state index in [2.05, 4.69) is 0 Å². The molecule has 0 bridgehead atoms. The molecule has 0 spiro atoms. The van der Waals surface area contributed by atoms with Crippen molar-refractivity contribution in [1.29, 1.82) is 0 Å². The molecular weight excluding hydrogens is 418 g/mol. The Labute approximate surface area is 192 Å². The van der Waals surface area contributed by atoms with E-state index in [4.69, 9.17) is 9.47 Å². The number of carbonyl (C=O) groups excluding carboxylic acids is 2. The highest BCUT2D eigenvalue weighted by Crippen LogP contribution is 2.39. The lowest BCUT2D eigenvalue weighted by Gasteiger charge is -2.25. The molecule has 3 aromatic carbocycles. The molecule has 1 heterocycles. The number of amides is 1. The Morgan fingerprint density at radius 1 is 0.909 bits per heavy atom. The number of carbonyl (C=O) groups is 2. The number of aliphatic hydroxyl groups is 1. The van der Waals surface area contributed by atoms with Crippen LogP contribution in [0.1, 0.15) is 22.7 Å². The predicted octanol–water partition coefficient (Wildman–Crippen LogP) is 4.33. The van der Waals surface area contributed by atoms with Gasteiger partial charge in [-0.2, -0.15) is 0 Å². The monoisotopic (exact) mass is 443 g/mol. The van der Waals surface area contributed by atoms with Crippen LogP contribution in [0.15, 0.2) is 90.5 Å². The van der Waals surface area contributed by atoms with Crippen molar-refractivity contribution in [3.8, 4) is 5.75 Å². The van der Waals surface area contributed by atoms with E-state index >= 15 is 0 Å². The van der Waals surface area contributed by atoms with Crippen molar-refractivity contribution in [2.75, 3.05) is 20.3 Å². The quantitative estimate of drug-likeness (QED) is 0.319. The molecule has 33 heavy (non-hydrogen) atoms. The van der Waals surface area contributed by atoms with Crippen molar-refractivity contribution in [3.05, 3.63) is 107 Å². The third-order valence-corrected chi connectivity index (χ3v) is 5.57. The molecule has 1 saturated heterocycles. The molecule has 1 N–H and O–H groups in total. The maximum Gasteiger partial charge on any atom is 0.295 e. The van der Waals surface area contributed by atoms with Crippen LogP contribution in [0.3, 0.4) is 0 Å².